The zero-order valence-corrected chi connectivity index (χ0v) is 21.3. The Morgan fingerprint density at radius 3 is 2.56 bits per heavy atom. The number of fused-ring (bicyclic) bond motifs is 3. The Morgan fingerprint density at radius 1 is 1.15 bits per heavy atom. The van der Waals surface area contributed by atoms with Gasteiger partial charge in [0, 0.05) is 39.8 Å². The lowest BCUT2D eigenvalue weighted by Crippen LogP contribution is -2.21. The number of hydrogen-bond acceptors (Lipinski definition) is 4. The predicted molar refractivity (Wildman–Crippen MR) is 132 cm³/mol. The second-order valence-electron chi connectivity index (χ2n) is 9.00. The first-order chi connectivity index (χ1) is 19.2. The summed E-state index contributed by atoms with van der Waals surface area (Å²) in [5.41, 5.74) is -2.22. The number of halogens is 8. The van der Waals surface area contributed by atoms with E-state index >= 15 is 0 Å². The largest absolute Gasteiger partial charge is 0.416 e. The number of aryl methyl sites for hydroxylation is 1. The first-order valence-corrected chi connectivity index (χ1v) is 12.0. The Balaban J connectivity index is 1.71. The van der Waals surface area contributed by atoms with Gasteiger partial charge >= 0.3 is 12.8 Å². The highest BCUT2D eigenvalue weighted by atomic mass is 35.5. The fourth-order valence-electron chi connectivity index (χ4n) is 4.67. The van der Waals surface area contributed by atoms with E-state index in [1.807, 2.05) is 0 Å². The molecule has 4 aromatic rings. The minimum absolute atomic E-state index is 0.0194. The lowest BCUT2D eigenvalue weighted by Gasteiger charge is -2.18. The highest BCUT2D eigenvalue weighted by molar-refractivity contribution is 6.31. The van der Waals surface area contributed by atoms with Crippen LogP contribution in [0.4, 0.5) is 36.4 Å². The number of anilines is 1. The van der Waals surface area contributed by atoms with Gasteiger partial charge in [0.2, 0.25) is 0 Å². The van der Waals surface area contributed by atoms with Gasteiger partial charge in [-0.25, -0.2) is 8.78 Å². The van der Waals surface area contributed by atoms with Gasteiger partial charge in [0.05, 0.1) is 29.5 Å². The number of nitrogens with one attached hydrogen (secondary N) is 2. The third kappa shape index (κ3) is 5.32. The molecule has 1 aliphatic heterocycles. The van der Waals surface area contributed by atoms with E-state index in [0.29, 0.717) is 12.1 Å². The van der Waals surface area contributed by atoms with Crippen LogP contribution in [0, 0.1) is 11.6 Å². The number of amides is 2. The topological polar surface area (TPSA) is 85.2 Å². The summed E-state index contributed by atoms with van der Waals surface area (Å²) >= 11 is 6.28. The van der Waals surface area contributed by atoms with Gasteiger partial charge in [-0.1, -0.05) is 11.6 Å². The summed E-state index contributed by atoms with van der Waals surface area (Å²) < 4.78 is 99.2. The van der Waals surface area contributed by atoms with Crippen molar-refractivity contribution >= 4 is 40.0 Å². The van der Waals surface area contributed by atoms with Gasteiger partial charge in [0.1, 0.15) is 17.2 Å². The third-order valence-corrected chi connectivity index (χ3v) is 6.78. The van der Waals surface area contributed by atoms with Crippen molar-refractivity contribution in [3.05, 3.63) is 92.6 Å². The summed E-state index contributed by atoms with van der Waals surface area (Å²) in [5.74, 6) is -3.96. The van der Waals surface area contributed by atoms with Crippen LogP contribution in [0.2, 0.25) is 5.02 Å². The summed E-state index contributed by atoms with van der Waals surface area (Å²) in [6.45, 7) is -3.80. The molecule has 0 fully saturated rings. The van der Waals surface area contributed by atoms with Crippen LogP contribution in [0.25, 0.3) is 10.9 Å². The number of ether oxygens (including phenoxy) is 1. The van der Waals surface area contributed by atoms with E-state index in [1.54, 1.807) is 0 Å². The van der Waals surface area contributed by atoms with Crippen LogP contribution in [-0.4, -0.2) is 28.2 Å². The Morgan fingerprint density at radius 2 is 1.88 bits per heavy atom. The Kier molecular flexibility index (Phi) is 7.15. The van der Waals surface area contributed by atoms with Gasteiger partial charge in [-0.05, 0) is 42.5 Å². The SMILES string of the molecule is Cn1nc2c3c(c(NC(=O)c4cc(F)cc(C(F)(F)F)c4)cc2c1COC(F)F)C(c1cc(F)ccc1Cl)NC3=O. The van der Waals surface area contributed by atoms with E-state index in [0.717, 1.165) is 12.1 Å². The molecule has 0 saturated carbocycles. The van der Waals surface area contributed by atoms with E-state index < -0.39 is 60.0 Å². The van der Waals surface area contributed by atoms with Gasteiger partial charge in [-0.15, -0.1) is 0 Å². The van der Waals surface area contributed by atoms with Crippen molar-refractivity contribution in [2.45, 2.75) is 25.4 Å². The monoisotopic (exact) mass is 600 g/mol. The third-order valence-electron chi connectivity index (χ3n) is 6.43. The average Bonchev–Trinajstić information content (AvgIpc) is 3.39. The van der Waals surface area contributed by atoms with E-state index in [4.69, 9.17) is 11.6 Å². The number of aromatic nitrogens is 2. The predicted octanol–water partition coefficient (Wildman–Crippen LogP) is 6.35. The molecule has 214 valence electrons. The van der Waals surface area contributed by atoms with Gasteiger partial charge in [-0.2, -0.15) is 27.1 Å². The maximum absolute atomic E-state index is 14.2. The molecule has 2 amide bonds. The average molecular weight is 601 g/mol. The molecular formula is C26H16ClF7N4O3. The fourth-order valence-corrected chi connectivity index (χ4v) is 4.89. The normalized spacial score (nSPS) is 15.0. The van der Waals surface area contributed by atoms with Crippen LogP contribution >= 0.6 is 11.6 Å². The van der Waals surface area contributed by atoms with Crippen molar-refractivity contribution in [3.8, 4) is 0 Å². The Bertz CT molecular complexity index is 1720. The summed E-state index contributed by atoms with van der Waals surface area (Å²) in [6, 6.07) is 4.68. The number of benzene rings is 3. The quantitative estimate of drug-likeness (QED) is 0.253. The number of rotatable bonds is 6. The molecule has 1 atom stereocenters. The number of hydrogen-bond donors (Lipinski definition) is 2. The van der Waals surface area contributed by atoms with Crippen molar-refractivity contribution in [1.29, 1.82) is 0 Å². The second kappa shape index (κ2) is 10.3. The molecule has 41 heavy (non-hydrogen) atoms. The molecule has 2 N–H and O–H groups in total. The van der Waals surface area contributed by atoms with Gasteiger partial charge in [0.25, 0.3) is 11.8 Å². The first-order valence-electron chi connectivity index (χ1n) is 11.6. The molecule has 0 spiro atoms. The van der Waals surface area contributed by atoms with Crippen LogP contribution in [0.5, 0.6) is 0 Å². The van der Waals surface area contributed by atoms with E-state index in [9.17, 15) is 40.3 Å². The smallest absolute Gasteiger partial charge is 0.341 e. The van der Waals surface area contributed by atoms with Crippen molar-refractivity contribution < 1.29 is 45.1 Å². The molecule has 1 aromatic heterocycles. The molecule has 3 aromatic carbocycles. The van der Waals surface area contributed by atoms with Gasteiger partial charge in [0.15, 0.2) is 0 Å². The summed E-state index contributed by atoms with van der Waals surface area (Å²) in [7, 11) is 1.40. The molecule has 0 radical (unpaired) electrons. The summed E-state index contributed by atoms with van der Waals surface area (Å²) in [4.78, 5) is 26.4. The maximum Gasteiger partial charge on any atom is 0.416 e. The lowest BCUT2D eigenvalue weighted by atomic mass is 9.94. The zero-order valence-electron chi connectivity index (χ0n) is 20.5. The molecule has 0 aliphatic carbocycles. The van der Waals surface area contributed by atoms with Crippen LogP contribution < -0.4 is 10.6 Å². The van der Waals surface area contributed by atoms with E-state index in [1.165, 1.54) is 23.9 Å². The standard InChI is InChI=1S/C26H16ClF7N4O3/c1-38-18(9-41-25(30)31)15-8-17(35-23(39)10-4-11(26(32,33)34)6-13(29)5-10)19-20(22(15)37-38)24(40)36-21(19)14-7-12(28)2-3-16(14)27/h2-8,21,25H,9H2,1H3,(H,35,39)(H,36,40). The van der Waals surface area contributed by atoms with E-state index in [-0.39, 0.29) is 50.1 Å². The molecule has 15 heteroatoms. The van der Waals surface area contributed by atoms with Gasteiger partial charge in [-0.3, -0.25) is 14.3 Å². The van der Waals surface area contributed by atoms with Crippen LogP contribution in [0.15, 0.2) is 42.5 Å². The van der Waals surface area contributed by atoms with Crippen molar-refractivity contribution in [2.75, 3.05) is 5.32 Å². The summed E-state index contributed by atoms with van der Waals surface area (Å²) in [5, 5.41) is 9.38. The molecule has 1 aliphatic rings. The molecule has 1 unspecified atom stereocenters. The molecule has 5 rings (SSSR count). The highest BCUT2D eigenvalue weighted by Crippen LogP contribution is 2.43. The highest BCUT2D eigenvalue weighted by Gasteiger charge is 2.38. The van der Waals surface area contributed by atoms with Crippen molar-refractivity contribution in [3.63, 3.8) is 0 Å². The Labute approximate surface area is 230 Å². The Hall–Kier alpha value is -4.17. The number of carbonyl (C=O) groups is 2. The van der Waals surface area contributed by atoms with Crippen molar-refractivity contribution in [2.24, 2.45) is 7.05 Å². The fraction of sp³-hybridized carbons (Fsp3) is 0.192. The van der Waals surface area contributed by atoms with Gasteiger partial charge < -0.3 is 15.4 Å². The number of alkyl halides is 5. The minimum Gasteiger partial charge on any atom is -0.341 e. The summed E-state index contributed by atoms with van der Waals surface area (Å²) in [6.07, 6.45) is -4.96. The molecular weight excluding hydrogens is 585 g/mol. The molecule has 2 heterocycles. The van der Waals surface area contributed by atoms with E-state index in [2.05, 4.69) is 20.5 Å². The number of nitrogens with zero attached hydrogens (tertiary/aromatic N) is 2. The van der Waals surface area contributed by atoms with Crippen LogP contribution in [0.1, 0.15) is 49.1 Å². The molecule has 7 nitrogen and oxygen atoms in total. The number of carbonyl (C=O) groups excluding carboxylic acids is 2. The van der Waals surface area contributed by atoms with Crippen LogP contribution in [0.3, 0.4) is 0 Å². The van der Waals surface area contributed by atoms with Crippen molar-refractivity contribution in [1.82, 2.24) is 15.1 Å². The van der Waals surface area contributed by atoms with Crippen LogP contribution in [-0.2, 0) is 24.6 Å². The second-order valence-corrected chi connectivity index (χ2v) is 9.41. The maximum atomic E-state index is 14.2. The molecule has 0 bridgehead atoms. The zero-order chi connectivity index (χ0) is 29.8. The first kappa shape index (κ1) is 28.4. The molecule has 0 saturated heterocycles. The lowest BCUT2D eigenvalue weighted by molar-refractivity contribution is -0.138. The minimum atomic E-state index is -4.96.